The van der Waals surface area contributed by atoms with Gasteiger partial charge in [-0.1, -0.05) is 6.92 Å². The van der Waals surface area contributed by atoms with Gasteiger partial charge in [-0.3, -0.25) is 4.79 Å². The molecule has 1 fully saturated rings. The second-order valence-corrected chi connectivity index (χ2v) is 7.51. The maximum Gasteiger partial charge on any atom is 0.226 e. The Kier molecular flexibility index (Phi) is 3.95. The first kappa shape index (κ1) is 16.1. The number of carbonyl (C=O) groups is 1. The number of aromatic amines is 1. The highest BCUT2D eigenvalue weighted by Gasteiger charge is 2.44. The number of benzene rings is 1. The van der Waals surface area contributed by atoms with Crippen molar-refractivity contribution >= 4 is 33.8 Å². The number of rotatable bonds is 6. The minimum Gasteiger partial charge on any atom is -0.377 e. The molecule has 1 amide bonds. The number of carbonyl (C=O) groups excluding carboxylic acids is 1. The van der Waals surface area contributed by atoms with Crippen molar-refractivity contribution in [2.24, 2.45) is 5.41 Å². The summed E-state index contributed by atoms with van der Waals surface area (Å²) in [6.07, 6.45) is 1.90. The molecule has 0 atom stereocenters. The van der Waals surface area contributed by atoms with E-state index >= 15 is 0 Å². The fraction of sp³-hybridized carbons (Fsp3) is 0.333. The monoisotopic (exact) mass is 358 g/mol. The van der Waals surface area contributed by atoms with Crippen LogP contribution < -0.4 is 10.6 Å². The number of halogens is 1. The number of H-pyrrole nitrogens is 1. The number of amides is 1. The van der Waals surface area contributed by atoms with Crippen LogP contribution in [-0.2, 0) is 17.9 Å². The van der Waals surface area contributed by atoms with Crippen LogP contribution in [0.25, 0.3) is 10.9 Å². The van der Waals surface area contributed by atoms with Crippen LogP contribution >= 0.6 is 11.3 Å². The summed E-state index contributed by atoms with van der Waals surface area (Å²) in [5.41, 5.74) is 4.58. The van der Waals surface area contributed by atoms with Crippen LogP contribution in [0.1, 0.15) is 31.2 Å². The van der Waals surface area contributed by atoms with Crippen molar-refractivity contribution in [2.75, 3.05) is 5.32 Å². The van der Waals surface area contributed by atoms with Crippen molar-refractivity contribution in [3.8, 4) is 0 Å². The van der Waals surface area contributed by atoms with Gasteiger partial charge in [-0.25, -0.2) is 9.37 Å². The van der Waals surface area contributed by atoms with Gasteiger partial charge in [0.1, 0.15) is 5.82 Å². The first-order chi connectivity index (χ1) is 12.0. The summed E-state index contributed by atoms with van der Waals surface area (Å²) in [5.74, 6) is -0.217. The Morgan fingerprint density at radius 3 is 2.92 bits per heavy atom. The summed E-state index contributed by atoms with van der Waals surface area (Å²) in [5, 5.41) is 8.74. The van der Waals surface area contributed by atoms with Crippen LogP contribution in [-0.4, -0.2) is 15.9 Å². The molecule has 130 valence electrons. The van der Waals surface area contributed by atoms with Gasteiger partial charge < -0.3 is 15.6 Å². The van der Waals surface area contributed by atoms with Gasteiger partial charge in [0.15, 0.2) is 0 Å². The molecule has 1 aliphatic rings. The number of hydrogen-bond acceptors (Lipinski definition) is 4. The highest BCUT2D eigenvalue weighted by molar-refractivity contribution is 7.07. The van der Waals surface area contributed by atoms with Gasteiger partial charge in [0.05, 0.1) is 30.0 Å². The summed E-state index contributed by atoms with van der Waals surface area (Å²) >= 11 is 1.51. The number of fused-ring (bicyclic) bond motifs is 1. The molecule has 3 aromatic rings. The van der Waals surface area contributed by atoms with Crippen molar-refractivity contribution in [2.45, 2.75) is 32.9 Å². The Labute approximate surface area is 148 Å². The summed E-state index contributed by atoms with van der Waals surface area (Å²) < 4.78 is 14.3. The van der Waals surface area contributed by atoms with Crippen molar-refractivity contribution in [1.29, 1.82) is 0 Å². The third kappa shape index (κ3) is 3.37. The minimum absolute atomic E-state index is 0.0861. The summed E-state index contributed by atoms with van der Waals surface area (Å²) in [7, 11) is 0. The van der Waals surface area contributed by atoms with E-state index in [9.17, 15) is 9.18 Å². The number of nitrogens with zero attached hydrogens (tertiary/aromatic N) is 1. The third-order valence-corrected chi connectivity index (χ3v) is 5.33. The maximum atomic E-state index is 14.3. The van der Waals surface area contributed by atoms with Crippen LogP contribution in [0, 0.1) is 11.2 Å². The molecule has 0 bridgehead atoms. The zero-order chi connectivity index (χ0) is 17.4. The van der Waals surface area contributed by atoms with Crippen LogP contribution in [0.4, 0.5) is 10.1 Å². The molecule has 3 N–H and O–H groups in total. The van der Waals surface area contributed by atoms with Gasteiger partial charge in [-0.15, -0.1) is 11.3 Å². The van der Waals surface area contributed by atoms with E-state index in [-0.39, 0.29) is 17.1 Å². The molecular weight excluding hydrogens is 339 g/mol. The summed E-state index contributed by atoms with van der Waals surface area (Å²) in [6.45, 7) is 2.88. The van der Waals surface area contributed by atoms with E-state index in [0.29, 0.717) is 18.8 Å². The lowest BCUT2D eigenvalue weighted by molar-refractivity contribution is -0.125. The van der Waals surface area contributed by atoms with Crippen LogP contribution in [0.15, 0.2) is 29.1 Å². The van der Waals surface area contributed by atoms with Gasteiger partial charge in [0, 0.05) is 27.4 Å². The molecule has 0 saturated heterocycles. The number of thiazole rings is 1. The van der Waals surface area contributed by atoms with E-state index in [0.717, 1.165) is 35.1 Å². The predicted molar refractivity (Wildman–Crippen MR) is 96.9 cm³/mol. The summed E-state index contributed by atoms with van der Waals surface area (Å²) in [6, 6.07) is 5.13. The fourth-order valence-electron chi connectivity index (χ4n) is 2.76. The van der Waals surface area contributed by atoms with E-state index in [1.807, 2.05) is 18.4 Å². The zero-order valence-corrected chi connectivity index (χ0v) is 14.7. The van der Waals surface area contributed by atoms with Gasteiger partial charge >= 0.3 is 0 Å². The number of aromatic nitrogens is 2. The first-order valence-electron chi connectivity index (χ1n) is 8.24. The lowest BCUT2D eigenvalue weighted by Gasteiger charge is -2.08. The van der Waals surface area contributed by atoms with Gasteiger partial charge in [-0.05, 0) is 31.0 Å². The Hall–Kier alpha value is -2.41. The van der Waals surface area contributed by atoms with E-state index in [2.05, 4.69) is 20.6 Å². The normalized spacial score (nSPS) is 15.3. The molecule has 1 aliphatic carbocycles. The number of nitrogens with one attached hydrogen (secondary N) is 3. The van der Waals surface area contributed by atoms with Gasteiger partial charge in [0.2, 0.25) is 5.91 Å². The van der Waals surface area contributed by atoms with Crippen molar-refractivity contribution in [3.05, 3.63) is 46.3 Å². The van der Waals surface area contributed by atoms with Crippen molar-refractivity contribution in [1.82, 2.24) is 15.3 Å². The fourth-order valence-corrected chi connectivity index (χ4v) is 3.32. The molecule has 1 aromatic carbocycles. The topological polar surface area (TPSA) is 69.8 Å². The largest absolute Gasteiger partial charge is 0.377 e. The molecule has 1 saturated carbocycles. The van der Waals surface area contributed by atoms with E-state index in [4.69, 9.17) is 0 Å². The molecule has 0 unspecified atom stereocenters. The highest BCUT2D eigenvalue weighted by atomic mass is 32.1. The Morgan fingerprint density at radius 1 is 1.36 bits per heavy atom. The van der Waals surface area contributed by atoms with E-state index < -0.39 is 0 Å². The lowest BCUT2D eigenvalue weighted by atomic mass is 10.1. The molecule has 4 rings (SSSR count). The molecule has 0 aliphatic heterocycles. The van der Waals surface area contributed by atoms with E-state index in [1.165, 1.54) is 17.4 Å². The molecule has 5 nitrogen and oxygen atoms in total. The third-order valence-electron chi connectivity index (χ3n) is 4.70. The zero-order valence-electron chi connectivity index (χ0n) is 13.9. The second-order valence-electron chi connectivity index (χ2n) is 6.79. The van der Waals surface area contributed by atoms with Crippen LogP contribution in [0.5, 0.6) is 0 Å². The smallest absolute Gasteiger partial charge is 0.226 e. The second kappa shape index (κ2) is 6.15. The minimum atomic E-state index is -0.303. The quantitative estimate of drug-likeness (QED) is 0.628. The van der Waals surface area contributed by atoms with E-state index in [1.54, 1.807) is 11.6 Å². The summed E-state index contributed by atoms with van der Waals surface area (Å²) in [4.78, 5) is 19.4. The lowest BCUT2D eigenvalue weighted by Crippen LogP contribution is -2.29. The molecular formula is C18H19FN4OS. The average molecular weight is 358 g/mol. The number of hydrogen-bond donors (Lipinski definition) is 3. The Morgan fingerprint density at radius 2 is 2.20 bits per heavy atom. The molecule has 2 heterocycles. The molecule has 0 radical (unpaired) electrons. The Balaban J connectivity index is 1.47. The standard InChI is InChI=1S/C18H19FN4OS/c1-18(2-3-18)17(24)21-7-12-4-11-5-14(19)16(6-15(11)23-12)20-8-13-9-25-10-22-13/h4-6,9-10,20,23H,2-3,7-8H2,1H3,(H,21,24). The predicted octanol–water partition coefficient (Wildman–Crippen LogP) is 3.79. The maximum absolute atomic E-state index is 14.3. The van der Waals surface area contributed by atoms with Crippen molar-refractivity contribution < 1.29 is 9.18 Å². The average Bonchev–Trinajstić information content (AvgIpc) is 3.01. The first-order valence-corrected chi connectivity index (χ1v) is 9.18. The van der Waals surface area contributed by atoms with Crippen LogP contribution in [0.3, 0.4) is 0 Å². The molecule has 0 spiro atoms. The van der Waals surface area contributed by atoms with Crippen LogP contribution in [0.2, 0.25) is 0 Å². The SMILES string of the molecule is CC1(C(=O)NCc2cc3cc(F)c(NCc4cscn4)cc3[nH]2)CC1. The Bertz CT molecular complexity index is 915. The number of anilines is 1. The van der Waals surface area contributed by atoms with Gasteiger partial charge in [-0.2, -0.15) is 0 Å². The highest BCUT2D eigenvalue weighted by Crippen LogP contribution is 2.45. The van der Waals surface area contributed by atoms with Crippen molar-refractivity contribution in [3.63, 3.8) is 0 Å². The molecule has 2 aromatic heterocycles. The van der Waals surface area contributed by atoms with Gasteiger partial charge in [0.25, 0.3) is 0 Å². The molecule has 25 heavy (non-hydrogen) atoms. The molecule has 7 heteroatoms.